The predicted molar refractivity (Wildman–Crippen MR) is 45.1 cm³/mol. The molecular formula is C8H17N2O. The molecule has 1 rings (SSSR count). The van der Waals surface area contributed by atoms with Crippen LogP contribution in [-0.2, 0) is 0 Å². The smallest absolute Gasteiger partial charge is 0.0443 e. The fourth-order valence-corrected chi connectivity index (χ4v) is 1.31. The molecule has 1 aliphatic heterocycles. The standard InChI is InChI=1S/C8H17N2O/c1-9-4-6-10(7-5-9)3-2-8-11/h11H,1-8H2. The van der Waals surface area contributed by atoms with E-state index < -0.39 is 0 Å². The van der Waals surface area contributed by atoms with Gasteiger partial charge in [-0.15, -0.1) is 0 Å². The van der Waals surface area contributed by atoms with Gasteiger partial charge in [0.2, 0.25) is 0 Å². The van der Waals surface area contributed by atoms with Gasteiger partial charge in [-0.3, -0.25) is 4.90 Å². The monoisotopic (exact) mass is 157 g/mol. The average Bonchev–Trinajstić information content (AvgIpc) is 2.04. The van der Waals surface area contributed by atoms with Gasteiger partial charge in [0, 0.05) is 46.4 Å². The van der Waals surface area contributed by atoms with Crippen molar-refractivity contribution in [2.75, 3.05) is 39.3 Å². The summed E-state index contributed by atoms with van der Waals surface area (Å²) in [7, 11) is 3.87. The number of rotatable bonds is 3. The van der Waals surface area contributed by atoms with E-state index in [-0.39, 0.29) is 0 Å². The molecule has 1 fully saturated rings. The van der Waals surface area contributed by atoms with Gasteiger partial charge in [-0.05, 0) is 6.42 Å². The van der Waals surface area contributed by atoms with Crippen molar-refractivity contribution >= 4 is 0 Å². The molecule has 11 heavy (non-hydrogen) atoms. The van der Waals surface area contributed by atoms with Gasteiger partial charge >= 0.3 is 0 Å². The Hall–Kier alpha value is -0.120. The highest BCUT2D eigenvalue weighted by atomic mass is 16.3. The van der Waals surface area contributed by atoms with Crippen LogP contribution >= 0.6 is 0 Å². The average molecular weight is 157 g/mol. The third-order valence-corrected chi connectivity index (χ3v) is 2.10. The number of nitrogens with zero attached hydrogens (tertiary/aromatic N) is 2. The lowest BCUT2D eigenvalue weighted by Crippen LogP contribution is -2.43. The fourth-order valence-electron chi connectivity index (χ4n) is 1.31. The summed E-state index contributed by atoms with van der Waals surface area (Å²) in [5, 5.41) is 8.60. The van der Waals surface area contributed by atoms with Crippen LogP contribution < -0.4 is 0 Å². The lowest BCUT2D eigenvalue weighted by molar-refractivity contribution is 0.153. The molecule has 0 aromatic rings. The molecule has 0 aromatic heterocycles. The van der Waals surface area contributed by atoms with Crippen LogP contribution in [0.25, 0.3) is 0 Å². The molecule has 3 heteroatoms. The van der Waals surface area contributed by atoms with Crippen LogP contribution in [0.1, 0.15) is 6.42 Å². The van der Waals surface area contributed by atoms with E-state index in [2.05, 4.69) is 16.8 Å². The first-order valence-electron chi connectivity index (χ1n) is 4.21. The van der Waals surface area contributed by atoms with Crippen molar-refractivity contribution in [3.8, 4) is 0 Å². The van der Waals surface area contributed by atoms with Crippen molar-refractivity contribution < 1.29 is 5.11 Å². The van der Waals surface area contributed by atoms with Gasteiger partial charge in [0.05, 0.1) is 0 Å². The summed E-state index contributed by atoms with van der Waals surface area (Å²) in [6.07, 6.45) is 0.900. The van der Waals surface area contributed by atoms with Crippen LogP contribution in [0.2, 0.25) is 0 Å². The third kappa shape index (κ3) is 3.18. The lowest BCUT2D eigenvalue weighted by Gasteiger charge is -2.31. The van der Waals surface area contributed by atoms with E-state index in [0.717, 1.165) is 39.1 Å². The summed E-state index contributed by atoms with van der Waals surface area (Å²) >= 11 is 0. The molecule has 65 valence electrons. The molecule has 3 nitrogen and oxygen atoms in total. The quantitative estimate of drug-likeness (QED) is 0.613. The van der Waals surface area contributed by atoms with Gasteiger partial charge in [0.1, 0.15) is 0 Å². The molecule has 0 atom stereocenters. The van der Waals surface area contributed by atoms with E-state index >= 15 is 0 Å². The largest absolute Gasteiger partial charge is 0.396 e. The van der Waals surface area contributed by atoms with Crippen molar-refractivity contribution in [3.05, 3.63) is 7.05 Å². The number of aliphatic hydroxyl groups is 1. The zero-order valence-corrected chi connectivity index (χ0v) is 7.00. The summed E-state index contributed by atoms with van der Waals surface area (Å²) < 4.78 is 0. The number of aliphatic hydroxyl groups excluding tert-OH is 1. The van der Waals surface area contributed by atoms with Crippen molar-refractivity contribution in [2.45, 2.75) is 6.42 Å². The lowest BCUT2D eigenvalue weighted by atomic mass is 10.3. The van der Waals surface area contributed by atoms with Crippen molar-refractivity contribution in [2.24, 2.45) is 0 Å². The Labute approximate surface area is 68.6 Å². The first kappa shape index (κ1) is 8.97. The summed E-state index contributed by atoms with van der Waals surface area (Å²) in [4.78, 5) is 4.47. The molecule has 0 aliphatic carbocycles. The van der Waals surface area contributed by atoms with Gasteiger partial charge in [0.15, 0.2) is 0 Å². The summed E-state index contributed by atoms with van der Waals surface area (Å²) in [5.74, 6) is 0. The van der Waals surface area contributed by atoms with Gasteiger partial charge in [-0.2, -0.15) is 0 Å². The van der Waals surface area contributed by atoms with E-state index in [0.29, 0.717) is 6.61 Å². The Morgan fingerprint density at radius 3 is 2.36 bits per heavy atom. The SMILES string of the molecule is [CH2]N1CCN(CCCO)CC1. The summed E-state index contributed by atoms with van der Waals surface area (Å²) in [5.41, 5.74) is 0. The maximum Gasteiger partial charge on any atom is 0.0443 e. The zero-order valence-electron chi connectivity index (χ0n) is 7.00. The minimum absolute atomic E-state index is 0.310. The van der Waals surface area contributed by atoms with Gasteiger partial charge in [-0.25, -0.2) is 0 Å². The van der Waals surface area contributed by atoms with Crippen LogP contribution in [-0.4, -0.2) is 54.2 Å². The highest BCUT2D eigenvalue weighted by Gasteiger charge is 2.12. The second kappa shape index (κ2) is 4.70. The topological polar surface area (TPSA) is 26.7 Å². The molecule has 1 N–H and O–H groups in total. The third-order valence-electron chi connectivity index (χ3n) is 2.10. The Kier molecular flexibility index (Phi) is 3.83. The maximum atomic E-state index is 8.60. The Balaban J connectivity index is 2.07. The van der Waals surface area contributed by atoms with Crippen LogP contribution in [0.15, 0.2) is 0 Å². The molecule has 1 radical (unpaired) electrons. The van der Waals surface area contributed by atoms with Gasteiger partial charge in [-0.1, -0.05) is 0 Å². The van der Waals surface area contributed by atoms with Crippen LogP contribution in [0, 0.1) is 7.05 Å². The summed E-state index contributed by atoms with van der Waals surface area (Å²) in [6, 6.07) is 0. The van der Waals surface area contributed by atoms with Crippen LogP contribution in [0.5, 0.6) is 0 Å². The van der Waals surface area contributed by atoms with E-state index in [1.165, 1.54) is 0 Å². The van der Waals surface area contributed by atoms with Crippen molar-refractivity contribution in [1.29, 1.82) is 0 Å². The second-order valence-electron chi connectivity index (χ2n) is 3.04. The molecule has 0 aromatic carbocycles. The fraction of sp³-hybridized carbons (Fsp3) is 0.875. The van der Waals surface area contributed by atoms with E-state index in [4.69, 9.17) is 5.11 Å². The number of hydrogen-bond acceptors (Lipinski definition) is 3. The molecule has 0 saturated carbocycles. The molecule has 0 spiro atoms. The van der Waals surface area contributed by atoms with E-state index in [1.54, 1.807) is 0 Å². The zero-order chi connectivity index (χ0) is 8.10. The second-order valence-corrected chi connectivity index (χ2v) is 3.04. The molecule has 0 amide bonds. The first-order chi connectivity index (χ1) is 5.33. The Morgan fingerprint density at radius 1 is 1.18 bits per heavy atom. The number of piperazine rings is 1. The molecule has 0 bridgehead atoms. The van der Waals surface area contributed by atoms with Gasteiger partial charge in [0.25, 0.3) is 0 Å². The molecule has 1 aliphatic rings. The van der Waals surface area contributed by atoms with Gasteiger partial charge < -0.3 is 10.0 Å². The Morgan fingerprint density at radius 2 is 1.82 bits per heavy atom. The Bertz CT molecular complexity index is 97.5. The predicted octanol–water partition coefficient (Wildman–Crippen LogP) is -0.222. The first-order valence-corrected chi connectivity index (χ1v) is 4.21. The summed E-state index contributed by atoms with van der Waals surface area (Å²) in [6.45, 7) is 5.67. The number of hydrogen-bond donors (Lipinski definition) is 1. The van der Waals surface area contributed by atoms with Crippen molar-refractivity contribution in [3.63, 3.8) is 0 Å². The minimum atomic E-state index is 0.310. The highest BCUT2D eigenvalue weighted by Crippen LogP contribution is 1.99. The van der Waals surface area contributed by atoms with E-state index in [9.17, 15) is 0 Å². The molecule has 1 saturated heterocycles. The van der Waals surface area contributed by atoms with Crippen LogP contribution in [0.4, 0.5) is 0 Å². The minimum Gasteiger partial charge on any atom is -0.396 e. The highest BCUT2D eigenvalue weighted by molar-refractivity contribution is 4.70. The molecule has 1 heterocycles. The normalized spacial score (nSPS) is 22.4. The van der Waals surface area contributed by atoms with Crippen molar-refractivity contribution in [1.82, 2.24) is 9.80 Å². The van der Waals surface area contributed by atoms with E-state index in [1.807, 2.05) is 0 Å². The molecule has 0 unspecified atom stereocenters. The maximum absolute atomic E-state index is 8.60. The van der Waals surface area contributed by atoms with Crippen LogP contribution in [0.3, 0.4) is 0 Å². The molecular weight excluding hydrogens is 140 g/mol.